The molecular formula is C10H16N2O5S. The van der Waals surface area contributed by atoms with Gasteiger partial charge in [0, 0.05) is 19.4 Å². The predicted molar refractivity (Wildman–Crippen MR) is 65.6 cm³/mol. The van der Waals surface area contributed by atoms with Crippen molar-refractivity contribution >= 4 is 12.2 Å². The summed E-state index contributed by atoms with van der Waals surface area (Å²) in [6.07, 6.45) is -1.15. The van der Waals surface area contributed by atoms with Gasteiger partial charge in [-0.3, -0.25) is 14.3 Å². The Labute approximate surface area is 108 Å². The minimum Gasteiger partial charge on any atom is -0.394 e. The first-order valence-corrected chi connectivity index (χ1v) is 5.62. The van der Waals surface area contributed by atoms with E-state index in [-0.39, 0.29) is 4.77 Å². The molecule has 102 valence electrons. The highest BCUT2D eigenvalue weighted by Crippen LogP contribution is 2.20. The Balaban J connectivity index is 3.19. The van der Waals surface area contributed by atoms with Crippen LogP contribution in [0, 0.1) is 4.77 Å². The molecular weight excluding hydrogens is 260 g/mol. The summed E-state index contributed by atoms with van der Waals surface area (Å²) < 4.78 is 5.93. The highest BCUT2D eigenvalue weighted by atomic mass is 32.1. The molecule has 0 fully saturated rings. The molecule has 0 radical (unpaired) electrons. The van der Waals surface area contributed by atoms with Crippen molar-refractivity contribution in [2.45, 2.75) is 24.9 Å². The van der Waals surface area contributed by atoms with E-state index >= 15 is 0 Å². The third kappa shape index (κ3) is 2.85. The second-order valence-corrected chi connectivity index (χ2v) is 4.36. The van der Waals surface area contributed by atoms with Crippen LogP contribution in [0.1, 0.15) is 6.92 Å². The van der Waals surface area contributed by atoms with Crippen LogP contribution in [-0.4, -0.2) is 50.8 Å². The highest BCUT2D eigenvalue weighted by molar-refractivity contribution is 7.71. The zero-order chi connectivity index (χ0) is 13.9. The molecule has 0 aromatic carbocycles. The van der Waals surface area contributed by atoms with Crippen molar-refractivity contribution in [2.75, 3.05) is 13.7 Å². The first-order valence-electron chi connectivity index (χ1n) is 5.21. The van der Waals surface area contributed by atoms with Gasteiger partial charge in [-0.1, -0.05) is 0 Å². The van der Waals surface area contributed by atoms with Crippen molar-refractivity contribution in [1.29, 1.82) is 0 Å². The number of aliphatic hydroxyl groups excluding tert-OH is 2. The molecule has 4 N–H and O–H groups in total. The maximum Gasteiger partial charge on any atom is 0.251 e. The van der Waals surface area contributed by atoms with Gasteiger partial charge in [0.15, 0.2) is 10.5 Å². The van der Waals surface area contributed by atoms with Crippen LogP contribution in [0.4, 0.5) is 0 Å². The molecule has 1 heterocycles. The van der Waals surface area contributed by atoms with Crippen LogP contribution < -0.4 is 5.56 Å². The van der Waals surface area contributed by atoms with Crippen LogP contribution in [0.2, 0.25) is 0 Å². The molecule has 7 nitrogen and oxygen atoms in total. The third-order valence-electron chi connectivity index (χ3n) is 2.71. The van der Waals surface area contributed by atoms with Gasteiger partial charge in [-0.15, -0.1) is 0 Å². The van der Waals surface area contributed by atoms with Crippen molar-refractivity contribution in [1.82, 2.24) is 9.55 Å². The van der Waals surface area contributed by atoms with Gasteiger partial charge in [-0.25, -0.2) is 0 Å². The normalized spacial score (nSPS) is 18.1. The van der Waals surface area contributed by atoms with Gasteiger partial charge in [-0.05, 0) is 19.1 Å². The molecule has 0 saturated heterocycles. The lowest BCUT2D eigenvalue weighted by molar-refractivity contribution is -0.177. The molecule has 3 atom stereocenters. The monoisotopic (exact) mass is 276 g/mol. The second-order valence-electron chi connectivity index (χ2n) is 3.98. The number of ether oxygens (including phenoxy) is 1. The van der Waals surface area contributed by atoms with Gasteiger partial charge in [-0.2, -0.15) is 0 Å². The molecule has 0 aliphatic heterocycles. The van der Waals surface area contributed by atoms with Gasteiger partial charge in [0.05, 0.1) is 6.61 Å². The number of methoxy groups -OCH3 is 1. The van der Waals surface area contributed by atoms with Gasteiger partial charge < -0.3 is 20.1 Å². The fraction of sp³-hybridized carbons (Fsp3) is 0.600. The van der Waals surface area contributed by atoms with E-state index in [0.717, 1.165) is 10.6 Å². The van der Waals surface area contributed by atoms with E-state index in [1.54, 1.807) is 0 Å². The lowest BCUT2D eigenvalue weighted by atomic mass is 10.0. The Bertz CT molecular complexity index is 505. The lowest BCUT2D eigenvalue weighted by Gasteiger charge is -2.34. The number of hydrogen-bond acceptors (Lipinski definition) is 6. The number of aliphatic hydroxyl groups is 3. The largest absolute Gasteiger partial charge is 0.394 e. The van der Waals surface area contributed by atoms with E-state index in [0.29, 0.717) is 0 Å². The van der Waals surface area contributed by atoms with Crippen LogP contribution in [0.3, 0.4) is 0 Å². The lowest BCUT2D eigenvalue weighted by Crippen LogP contribution is -2.51. The first-order chi connectivity index (χ1) is 8.34. The molecule has 0 aliphatic carbocycles. The van der Waals surface area contributed by atoms with Crippen molar-refractivity contribution in [3.05, 3.63) is 27.4 Å². The Hall–Kier alpha value is -1.06. The minimum atomic E-state index is -1.83. The number of H-pyrrole nitrogens is 1. The average Bonchev–Trinajstić information content (AvgIpc) is 2.29. The summed E-state index contributed by atoms with van der Waals surface area (Å²) >= 11 is 4.90. The molecule has 0 amide bonds. The van der Waals surface area contributed by atoms with Crippen molar-refractivity contribution in [3.63, 3.8) is 0 Å². The Morgan fingerprint density at radius 2 is 2.28 bits per heavy atom. The summed E-state index contributed by atoms with van der Waals surface area (Å²) in [5.41, 5.74) is -2.24. The summed E-state index contributed by atoms with van der Waals surface area (Å²) in [5, 5.41) is 29.3. The summed E-state index contributed by atoms with van der Waals surface area (Å²) in [7, 11) is 1.30. The Morgan fingerprint density at radius 1 is 1.67 bits per heavy atom. The summed E-state index contributed by atoms with van der Waals surface area (Å²) in [6.45, 7) is 0.831. The van der Waals surface area contributed by atoms with Crippen LogP contribution in [-0.2, 0) is 10.5 Å². The van der Waals surface area contributed by atoms with Crippen molar-refractivity contribution in [2.24, 2.45) is 0 Å². The Kier molecular flexibility index (Phi) is 4.77. The maximum absolute atomic E-state index is 11.0. The average molecular weight is 276 g/mol. The standard InChI is InChI=1S/C10H16N2O5S/c1-10(16,8(15)6(5-13)17-2)12-4-3-7(14)11-9(12)18/h3-4,6,8,13,15-16H,5H2,1-2H3,(H,11,14,18)/t6?,8-,10?/m0/s1. The Morgan fingerprint density at radius 3 is 2.72 bits per heavy atom. The number of nitrogens with one attached hydrogen (secondary N) is 1. The topological polar surface area (TPSA) is 108 Å². The molecule has 0 bridgehead atoms. The zero-order valence-corrected chi connectivity index (χ0v) is 10.8. The minimum absolute atomic E-state index is 0.0423. The summed E-state index contributed by atoms with van der Waals surface area (Å²) in [4.78, 5) is 13.4. The zero-order valence-electron chi connectivity index (χ0n) is 10.0. The second kappa shape index (κ2) is 5.72. The van der Waals surface area contributed by atoms with Gasteiger partial charge in [0.2, 0.25) is 0 Å². The van der Waals surface area contributed by atoms with E-state index in [1.807, 2.05) is 0 Å². The number of rotatable bonds is 5. The van der Waals surface area contributed by atoms with E-state index in [4.69, 9.17) is 22.1 Å². The van der Waals surface area contributed by atoms with Gasteiger partial charge in [0.1, 0.15) is 12.2 Å². The van der Waals surface area contributed by atoms with E-state index < -0.39 is 30.1 Å². The number of aromatic amines is 1. The van der Waals surface area contributed by atoms with Crippen molar-refractivity contribution < 1.29 is 20.1 Å². The van der Waals surface area contributed by atoms with E-state index in [2.05, 4.69) is 4.98 Å². The molecule has 0 aliphatic rings. The van der Waals surface area contributed by atoms with Gasteiger partial charge in [0.25, 0.3) is 5.56 Å². The summed E-state index contributed by atoms with van der Waals surface area (Å²) in [6, 6.07) is 1.16. The molecule has 1 rings (SSSR count). The van der Waals surface area contributed by atoms with Crippen molar-refractivity contribution in [3.8, 4) is 0 Å². The van der Waals surface area contributed by atoms with Crippen LogP contribution in [0.5, 0.6) is 0 Å². The highest BCUT2D eigenvalue weighted by Gasteiger charge is 2.38. The van der Waals surface area contributed by atoms with Crippen LogP contribution in [0.15, 0.2) is 17.1 Å². The number of nitrogens with zero attached hydrogens (tertiary/aromatic N) is 1. The summed E-state index contributed by atoms with van der Waals surface area (Å²) in [5.74, 6) is 0. The molecule has 0 spiro atoms. The van der Waals surface area contributed by atoms with Crippen LogP contribution in [0.25, 0.3) is 0 Å². The molecule has 8 heteroatoms. The first kappa shape index (κ1) is 15.0. The molecule has 1 aromatic rings. The molecule has 2 unspecified atom stereocenters. The smallest absolute Gasteiger partial charge is 0.251 e. The third-order valence-corrected chi connectivity index (χ3v) is 3.01. The van der Waals surface area contributed by atoms with E-state index in [1.165, 1.54) is 20.2 Å². The number of hydrogen-bond donors (Lipinski definition) is 4. The predicted octanol–water partition coefficient (Wildman–Crippen LogP) is -1.06. The SMILES string of the molecule is COC(CO)[C@H](O)C(C)(O)n1ccc(=O)[nH]c1=S. The maximum atomic E-state index is 11.0. The fourth-order valence-corrected chi connectivity index (χ4v) is 1.92. The van der Waals surface area contributed by atoms with E-state index in [9.17, 15) is 15.0 Å². The quantitative estimate of drug-likeness (QED) is 0.511. The molecule has 18 heavy (non-hydrogen) atoms. The number of aromatic nitrogens is 2. The fourth-order valence-electron chi connectivity index (χ4n) is 1.57. The molecule has 0 saturated carbocycles. The van der Waals surface area contributed by atoms with Gasteiger partial charge >= 0.3 is 0 Å². The van der Waals surface area contributed by atoms with Crippen LogP contribution >= 0.6 is 12.2 Å². The molecule has 1 aromatic heterocycles.